The first-order valence-electron chi connectivity index (χ1n) is 10.4. The predicted molar refractivity (Wildman–Crippen MR) is 121 cm³/mol. The molecule has 0 aromatic heterocycles. The molecule has 0 spiro atoms. The number of imide groups is 1. The number of piperazine rings is 1. The third-order valence-electron chi connectivity index (χ3n) is 5.81. The number of ether oxygens (including phenoxy) is 1. The van der Waals surface area contributed by atoms with E-state index in [1.807, 2.05) is 0 Å². The van der Waals surface area contributed by atoms with Gasteiger partial charge in [-0.15, -0.1) is 0 Å². The summed E-state index contributed by atoms with van der Waals surface area (Å²) in [6, 6.07) is 5.09. The molecule has 2 amide bonds. The molecule has 2 heterocycles. The van der Waals surface area contributed by atoms with Crippen LogP contribution in [0.1, 0.15) is 12.8 Å². The summed E-state index contributed by atoms with van der Waals surface area (Å²) >= 11 is 2.97. The van der Waals surface area contributed by atoms with Gasteiger partial charge in [0.05, 0.1) is 28.6 Å². The van der Waals surface area contributed by atoms with Gasteiger partial charge in [0, 0.05) is 44.7 Å². The molecular weight excluding hydrogens is 505 g/mol. The Kier molecular flexibility index (Phi) is 6.68. The zero-order chi connectivity index (χ0) is 23.7. The summed E-state index contributed by atoms with van der Waals surface area (Å²) in [6.07, 6.45) is 0.492. The lowest BCUT2D eigenvalue weighted by Crippen LogP contribution is -2.47. The van der Waals surface area contributed by atoms with Crippen LogP contribution in [0.2, 0.25) is 0 Å². The Bertz CT molecular complexity index is 1090. The fourth-order valence-corrected chi connectivity index (χ4v) is 4.34. The van der Waals surface area contributed by atoms with Crippen LogP contribution in [0, 0.1) is 17.5 Å². The molecule has 0 radical (unpaired) electrons. The summed E-state index contributed by atoms with van der Waals surface area (Å²) in [5, 5.41) is 5.20. The Morgan fingerprint density at radius 2 is 1.70 bits per heavy atom. The second-order valence-corrected chi connectivity index (χ2v) is 8.67. The largest absolute Gasteiger partial charge is 0.495 e. The highest BCUT2D eigenvalue weighted by Crippen LogP contribution is 2.35. The number of amides is 2. The van der Waals surface area contributed by atoms with Crippen molar-refractivity contribution in [1.82, 2.24) is 5.32 Å². The highest BCUT2D eigenvalue weighted by Gasteiger charge is 2.29. The summed E-state index contributed by atoms with van der Waals surface area (Å²) in [6.45, 7) is 1.51. The van der Waals surface area contributed by atoms with E-state index in [-0.39, 0.29) is 22.5 Å². The number of anilines is 3. The highest BCUT2D eigenvalue weighted by molar-refractivity contribution is 9.10. The van der Waals surface area contributed by atoms with Crippen molar-refractivity contribution in [3.8, 4) is 5.75 Å². The van der Waals surface area contributed by atoms with Crippen LogP contribution in [-0.2, 0) is 9.59 Å². The standard InChI is InChI=1S/C22H22BrF3N4O3/c1-33-18-11-17(13(24)10-15(18)27-14-3-5-19(31)28-22(14)32)30-8-6-29(7-9-30)16-4-2-12(23)20(25)21(16)26/h2,4,10-11,14,27H,3,5-9H2,1H3,(H,28,31,32). The minimum absolute atomic E-state index is 0.0579. The minimum atomic E-state index is -0.940. The number of hydrogen-bond donors (Lipinski definition) is 2. The number of carbonyl (C=O) groups excluding carboxylic acids is 2. The van der Waals surface area contributed by atoms with Crippen molar-refractivity contribution in [3.05, 3.63) is 46.2 Å². The van der Waals surface area contributed by atoms with Crippen molar-refractivity contribution in [2.75, 3.05) is 48.4 Å². The van der Waals surface area contributed by atoms with E-state index in [4.69, 9.17) is 4.74 Å². The van der Waals surface area contributed by atoms with E-state index in [2.05, 4.69) is 26.6 Å². The second-order valence-electron chi connectivity index (χ2n) is 7.82. The van der Waals surface area contributed by atoms with Crippen molar-refractivity contribution in [2.45, 2.75) is 18.9 Å². The molecule has 0 aliphatic carbocycles. The van der Waals surface area contributed by atoms with Crippen LogP contribution in [0.25, 0.3) is 0 Å². The maximum Gasteiger partial charge on any atom is 0.249 e. The zero-order valence-corrected chi connectivity index (χ0v) is 19.3. The Labute approximate surface area is 197 Å². The van der Waals surface area contributed by atoms with E-state index in [1.54, 1.807) is 15.9 Å². The third kappa shape index (κ3) is 4.73. The Balaban J connectivity index is 1.48. The van der Waals surface area contributed by atoms with E-state index < -0.39 is 29.4 Å². The number of piperidine rings is 1. The van der Waals surface area contributed by atoms with Crippen LogP contribution in [-0.4, -0.2) is 51.1 Å². The van der Waals surface area contributed by atoms with Crippen LogP contribution < -0.4 is 25.2 Å². The summed E-state index contributed by atoms with van der Waals surface area (Å²) in [7, 11) is 1.44. The van der Waals surface area contributed by atoms with Gasteiger partial charge in [0.25, 0.3) is 0 Å². The van der Waals surface area contributed by atoms with Gasteiger partial charge in [-0.05, 0) is 34.5 Å². The van der Waals surface area contributed by atoms with Gasteiger partial charge in [0.1, 0.15) is 17.6 Å². The van der Waals surface area contributed by atoms with Gasteiger partial charge in [-0.3, -0.25) is 14.9 Å². The second kappa shape index (κ2) is 9.50. The Morgan fingerprint density at radius 3 is 2.33 bits per heavy atom. The van der Waals surface area contributed by atoms with E-state index in [0.29, 0.717) is 49.7 Å². The third-order valence-corrected chi connectivity index (χ3v) is 6.43. The van der Waals surface area contributed by atoms with Crippen molar-refractivity contribution >= 4 is 44.8 Å². The molecule has 2 aliphatic heterocycles. The SMILES string of the molecule is COc1cc(N2CCN(c3ccc(Br)c(F)c3F)CC2)c(F)cc1NC1CCC(=O)NC1=O. The minimum Gasteiger partial charge on any atom is -0.495 e. The van der Waals surface area contributed by atoms with Crippen LogP contribution in [0.5, 0.6) is 5.75 Å². The quantitative estimate of drug-likeness (QED) is 0.459. The molecule has 2 aromatic rings. The number of carbonyl (C=O) groups is 2. The topological polar surface area (TPSA) is 73.9 Å². The van der Waals surface area contributed by atoms with Crippen molar-refractivity contribution < 1.29 is 27.5 Å². The van der Waals surface area contributed by atoms with E-state index in [9.17, 15) is 18.4 Å². The molecule has 176 valence electrons. The lowest BCUT2D eigenvalue weighted by molar-refractivity contribution is -0.133. The van der Waals surface area contributed by atoms with Crippen LogP contribution in [0.4, 0.5) is 30.2 Å². The average molecular weight is 527 g/mol. The summed E-state index contributed by atoms with van der Waals surface area (Å²) in [4.78, 5) is 26.9. The summed E-state index contributed by atoms with van der Waals surface area (Å²) < 4.78 is 48.7. The van der Waals surface area contributed by atoms with Gasteiger partial charge < -0.3 is 19.9 Å². The lowest BCUT2D eigenvalue weighted by Gasteiger charge is -2.37. The molecule has 1 atom stereocenters. The van der Waals surface area contributed by atoms with Crippen LogP contribution in [0.15, 0.2) is 28.7 Å². The molecule has 1 unspecified atom stereocenters. The number of halogens is 4. The molecule has 4 rings (SSSR count). The lowest BCUT2D eigenvalue weighted by atomic mass is 10.1. The Hall–Kier alpha value is -2.95. The van der Waals surface area contributed by atoms with Gasteiger partial charge in [-0.1, -0.05) is 0 Å². The fraction of sp³-hybridized carbons (Fsp3) is 0.364. The first-order valence-corrected chi connectivity index (χ1v) is 11.2. The molecule has 2 saturated heterocycles. The molecule has 7 nitrogen and oxygen atoms in total. The average Bonchev–Trinajstić information content (AvgIpc) is 2.80. The van der Waals surface area contributed by atoms with Crippen molar-refractivity contribution in [2.24, 2.45) is 0 Å². The fourth-order valence-electron chi connectivity index (χ4n) is 4.03. The van der Waals surface area contributed by atoms with E-state index >= 15 is 4.39 Å². The monoisotopic (exact) mass is 526 g/mol. The summed E-state index contributed by atoms with van der Waals surface area (Å²) in [5.74, 6) is -2.83. The molecular formula is C22H22BrF3N4O3. The Morgan fingerprint density at radius 1 is 1.03 bits per heavy atom. The van der Waals surface area contributed by atoms with Gasteiger partial charge in [0.2, 0.25) is 11.8 Å². The van der Waals surface area contributed by atoms with E-state index in [1.165, 1.54) is 25.3 Å². The highest BCUT2D eigenvalue weighted by atomic mass is 79.9. The van der Waals surface area contributed by atoms with E-state index in [0.717, 1.165) is 0 Å². The molecule has 2 fully saturated rings. The number of benzene rings is 2. The number of rotatable bonds is 5. The van der Waals surface area contributed by atoms with Crippen LogP contribution >= 0.6 is 15.9 Å². The molecule has 11 heteroatoms. The normalized spacial score (nSPS) is 18.9. The number of hydrogen-bond acceptors (Lipinski definition) is 6. The van der Waals surface area contributed by atoms with Crippen molar-refractivity contribution in [3.63, 3.8) is 0 Å². The number of methoxy groups -OCH3 is 1. The number of nitrogens with zero attached hydrogens (tertiary/aromatic N) is 2. The molecule has 0 bridgehead atoms. The van der Waals surface area contributed by atoms with Gasteiger partial charge in [0.15, 0.2) is 11.6 Å². The van der Waals surface area contributed by atoms with Gasteiger partial charge in [-0.25, -0.2) is 13.2 Å². The van der Waals surface area contributed by atoms with Crippen molar-refractivity contribution in [1.29, 1.82) is 0 Å². The zero-order valence-electron chi connectivity index (χ0n) is 17.8. The van der Waals surface area contributed by atoms with Gasteiger partial charge in [-0.2, -0.15) is 0 Å². The number of nitrogens with one attached hydrogen (secondary N) is 2. The molecule has 33 heavy (non-hydrogen) atoms. The smallest absolute Gasteiger partial charge is 0.249 e. The molecule has 2 aromatic carbocycles. The molecule has 2 N–H and O–H groups in total. The molecule has 0 saturated carbocycles. The van der Waals surface area contributed by atoms with Crippen LogP contribution in [0.3, 0.4) is 0 Å². The summed E-state index contributed by atoms with van der Waals surface area (Å²) in [5.41, 5.74) is 0.777. The maximum atomic E-state index is 15.0. The maximum absolute atomic E-state index is 15.0. The molecule has 2 aliphatic rings. The van der Waals surface area contributed by atoms with Gasteiger partial charge >= 0.3 is 0 Å². The first-order chi connectivity index (χ1) is 15.8. The first kappa shape index (κ1) is 23.2. The predicted octanol–water partition coefficient (Wildman–Crippen LogP) is 3.42.